The fourth-order valence-corrected chi connectivity index (χ4v) is 3.04. The molecule has 3 rings (SSSR count). The maximum absolute atomic E-state index is 10.0. The zero-order valence-electron chi connectivity index (χ0n) is 11.5. The first-order chi connectivity index (χ1) is 10.4. The first-order valence-corrected chi connectivity index (χ1v) is 7.88. The van der Waals surface area contributed by atoms with E-state index in [0.717, 1.165) is 5.52 Å². The molecule has 1 aromatic heterocycles. The number of ether oxygens (including phenoxy) is 2. The fraction of sp³-hybridized carbons (Fsp3) is 0.429. The van der Waals surface area contributed by atoms with E-state index in [0.29, 0.717) is 20.6 Å². The highest BCUT2D eigenvalue weighted by molar-refractivity contribution is 9.10. The molecule has 4 N–H and O–H groups in total. The normalized spacial score (nSPS) is 32.4. The van der Waals surface area contributed by atoms with Gasteiger partial charge < -0.3 is 29.8 Å². The maximum Gasteiger partial charge on any atom is 0.229 e. The number of hydrogen-bond donors (Lipinski definition) is 4. The maximum atomic E-state index is 10.0. The van der Waals surface area contributed by atoms with Crippen molar-refractivity contribution in [2.75, 3.05) is 0 Å². The Balaban J connectivity index is 1.92. The van der Waals surface area contributed by atoms with E-state index in [4.69, 9.17) is 21.1 Å². The van der Waals surface area contributed by atoms with E-state index in [1.54, 1.807) is 19.2 Å². The molecule has 0 aliphatic carbocycles. The highest BCUT2D eigenvalue weighted by Gasteiger charge is 2.43. The molecule has 6 nitrogen and oxygen atoms in total. The molecule has 0 saturated carbocycles. The molecule has 5 atom stereocenters. The molecule has 0 bridgehead atoms. The lowest BCUT2D eigenvalue weighted by Crippen LogP contribution is -2.58. The molecule has 22 heavy (non-hydrogen) atoms. The second kappa shape index (κ2) is 5.99. The highest BCUT2D eigenvalue weighted by Crippen LogP contribution is 2.38. The van der Waals surface area contributed by atoms with Crippen LogP contribution in [0, 0.1) is 0 Å². The molecule has 2 heterocycles. The quantitative estimate of drug-likeness (QED) is 0.625. The smallest absolute Gasteiger partial charge is 0.229 e. The Morgan fingerprint density at radius 1 is 1.23 bits per heavy atom. The number of fused-ring (bicyclic) bond motifs is 1. The third-order valence-corrected chi connectivity index (χ3v) is 5.03. The molecule has 8 heteroatoms. The van der Waals surface area contributed by atoms with Gasteiger partial charge in [-0.25, -0.2) is 0 Å². The summed E-state index contributed by atoms with van der Waals surface area (Å²) in [6.45, 7) is 1.59. The molecule has 1 aliphatic heterocycles. The van der Waals surface area contributed by atoms with Gasteiger partial charge in [0.2, 0.25) is 6.29 Å². The van der Waals surface area contributed by atoms with E-state index >= 15 is 0 Å². The van der Waals surface area contributed by atoms with Crippen LogP contribution < -0.4 is 4.74 Å². The summed E-state index contributed by atoms with van der Waals surface area (Å²) in [7, 11) is 0. The van der Waals surface area contributed by atoms with Crippen LogP contribution in [0.15, 0.2) is 22.8 Å². The van der Waals surface area contributed by atoms with Gasteiger partial charge in [0.15, 0.2) is 0 Å². The van der Waals surface area contributed by atoms with E-state index in [2.05, 4.69) is 20.9 Å². The van der Waals surface area contributed by atoms with Gasteiger partial charge in [-0.05, 0) is 35.0 Å². The van der Waals surface area contributed by atoms with Crippen LogP contribution in [0.1, 0.15) is 6.92 Å². The molecule has 0 amide bonds. The van der Waals surface area contributed by atoms with Crippen LogP contribution in [0.2, 0.25) is 5.02 Å². The average molecular weight is 393 g/mol. The number of nitrogens with one attached hydrogen (secondary N) is 1. The number of aromatic nitrogens is 1. The van der Waals surface area contributed by atoms with Crippen LogP contribution in [-0.4, -0.2) is 51.0 Å². The first-order valence-electron chi connectivity index (χ1n) is 6.71. The summed E-state index contributed by atoms with van der Waals surface area (Å²) in [5.41, 5.74) is 0.766. The fourth-order valence-electron chi connectivity index (χ4n) is 2.46. The van der Waals surface area contributed by atoms with Gasteiger partial charge in [0.25, 0.3) is 0 Å². The number of benzene rings is 1. The Morgan fingerprint density at radius 3 is 2.68 bits per heavy atom. The molecule has 0 spiro atoms. The molecule has 1 fully saturated rings. The number of hydrogen-bond acceptors (Lipinski definition) is 5. The molecular weight excluding hydrogens is 378 g/mol. The minimum Gasteiger partial charge on any atom is -0.460 e. The van der Waals surface area contributed by atoms with E-state index in [1.807, 2.05) is 6.07 Å². The lowest BCUT2D eigenvalue weighted by Gasteiger charge is -2.38. The van der Waals surface area contributed by atoms with Gasteiger partial charge in [0.1, 0.15) is 24.1 Å². The van der Waals surface area contributed by atoms with Crippen LogP contribution >= 0.6 is 27.5 Å². The standard InChI is InChI=1S/C14H15BrClNO5/c1-5-11(18)12(19)13(20)14(21-5)22-8-4-17-7-3-2-6(15)10(16)9(7)8/h2-5,11-14,17-20H,1H3/t5?,11-,12+,13?,14-/m0/s1. The van der Waals surface area contributed by atoms with Crippen molar-refractivity contribution in [1.82, 2.24) is 4.98 Å². The summed E-state index contributed by atoms with van der Waals surface area (Å²) < 4.78 is 11.8. The minimum absolute atomic E-state index is 0.390. The second-order valence-corrected chi connectivity index (χ2v) is 6.47. The second-order valence-electron chi connectivity index (χ2n) is 5.24. The monoisotopic (exact) mass is 391 g/mol. The Kier molecular flexibility index (Phi) is 4.37. The SMILES string of the molecule is CC1O[C@@H](Oc2c[nH]c3ccc(Br)c(Cl)c23)C(O)[C@H](O)[C@H]1O. The Labute approximate surface area is 139 Å². The summed E-state index contributed by atoms with van der Waals surface area (Å²) >= 11 is 9.61. The average Bonchev–Trinajstić information content (AvgIpc) is 2.90. The highest BCUT2D eigenvalue weighted by atomic mass is 79.9. The van der Waals surface area contributed by atoms with E-state index in [9.17, 15) is 15.3 Å². The van der Waals surface area contributed by atoms with E-state index in [-0.39, 0.29) is 0 Å². The van der Waals surface area contributed by atoms with Gasteiger partial charge in [-0.1, -0.05) is 11.6 Å². The van der Waals surface area contributed by atoms with Crippen LogP contribution in [0.4, 0.5) is 0 Å². The molecule has 2 aromatic rings. The van der Waals surface area contributed by atoms with Crippen molar-refractivity contribution >= 4 is 38.4 Å². The predicted octanol–water partition coefficient (Wildman–Crippen LogP) is 1.79. The van der Waals surface area contributed by atoms with Crippen LogP contribution in [0.25, 0.3) is 10.9 Å². The Hall–Kier alpha value is -0.830. The Morgan fingerprint density at radius 2 is 1.95 bits per heavy atom. The molecule has 2 unspecified atom stereocenters. The third-order valence-electron chi connectivity index (χ3n) is 3.75. The minimum atomic E-state index is -1.37. The van der Waals surface area contributed by atoms with Crippen LogP contribution in [0.5, 0.6) is 5.75 Å². The van der Waals surface area contributed by atoms with Crippen LogP contribution in [0.3, 0.4) is 0 Å². The summed E-state index contributed by atoms with van der Waals surface area (Å²) in [6.07, 6.45) is -4.07. The zero-order valence-corrected chi connectivity index (χ0v) is 13.9. The molecule has 120 valence electrons. The summed E-state index contributed by atoms with van der Waals surface area (Å²) in [5.74, 6) is 0.390. The third kappa shape index (κ3) is 2.62. The van der Waals surface area contributed by atoms with E-state index < -0.39 is 30.7 Å². The lowest BCUT2D eigenvalue weighted by atomic mass is 10.00. The van der Waals surface area contributed by atoms with Gasteiger partial charge >= 0.3 is 0 Å². The largest absolute Gasteiger partial charge is 0.460 e. The number of aliphatic hydroxyl groups excluding tert-OH is 3. The predicted molar refractivity (Wildman–Crippen MR) is 84.0 cm³/mol. The lowest BCUT2D eigenvalue weighted by molar-refractivity contribution is -0.267. The molecule has 0 radical (unpaired) electrons. The number of halogens is 2. The van der Waals surface area contributed by atoms with Gasteiger partial charge in [0, 0.05) is 10.7 Å². The molecule has 1 aromatic carbocycles. The van der Waals surface area contributed by atoms with Crippen molar-refractivity contribution in [3.8, 4) is 5.75 Å². The van der Waals surface area contributed by atoms with Crippen molar-refractivity contribution < 1.29 is 24.8 Å². The van der Waals surface area contributed by atoms with Crippen molar-refractivity contribution in [1.29, 1.82) is 0 Å². The first kappa shape index (κ1) is 16.0. The summed E-state index contributed by atoms with van der Waals surface area (Å²) in [5, 5.41) is 30.6. The van der Waals surface area contributed by atoms with Crippen molar-refractivity contribution in [3.63, 3.8) is 0 Å². The molecule has 1 saturated heterocycles. The number of aromatic amines is 1. The van der Waals surface area contributed by atoms with Crippen molar-refractivity contribution in [2.24, 2.45) is 0 Å². The summed E-state index contributed by atoms with van der Waals surface area (Å²) in [4.78, 5) is 3.01. The van der Waals surface area contributed by atoms with Crippen molar-refractivity contribution in [2.45, 2.75) is 37.6 Å². The Bertz CT molecular complexity index is 693. The number of rotatable bonds is 2. The topological polar surface area (TPSA) is 94.9 Å². The van der Waals surface area contributed by atoms with Crippen molar-refractivity contribution in [3.05, 3.63) is 27.8 Å². The van der Waals surface area contributed by atoms with Gasteiger partial charge in [-0.2, -0.15) is 0 Å². The van der Waals surface area contributed by atoms with Crippen LogP contribution in [-0.2, 0) is 4.74 Å². The molecular formula is C14H15BrClNO5. The van der Waals surface area contributed by atoms with E-state index in [1.165, 1.54) is 0 Å². The van der Waals surface area contributed by atoms with Gasteiger partial charge in [0.05, 0.1) is 22.0 Å². The van der Waals surface area contributed by atoms with Gasteiger partial charge in [-0.15, -0.1) is 0 Å². The summed E-state index contributed by atoms with van der Waals surface area (Å²) in [6, 6.07) is 3.64. The number of aliphatic hydroxyl groups is 3. The molecule has 1 aliphatic rings. The zero-order chi connectivity index (χ0) is 16.0. The number of H-pyrrole nitrogens is 1. The van der Waals surface area contributed by atoms with Gasteiger partial charge in [-0.3, -0.25) is 0 Å².